The quantitative estimate of drug-likeness (QED) is 0.373. The van der Waals surface area contributed by atoms with Gasteiger partial charge < -0.3 is 19.4 Å². The van der Waals surface area contributed by atoms with Gasteiger partial charge in [-0.25, -0.2) is 28.1 Å². The van der Waals surface area contributed by atoms with Crippen molar-refractivity contribution >= 4 is 11.8 Å². The number of hydrogen-bond acceptors (Lipinski definition) is 8. The predicted octanol–water partition coefficient (Wildman–Crippen LogP) is 0.309. The molecule has 1 saturated carbocycles. The third kappa shape index (κ3) is 8.05. The summed E-state index contributed by atoms with van der Waals surface area (Å²) in [4.78, 5) is 61.1. The van der Waals surface area contributed by atoms with Gasteiger partial charge in [-0.3, -0.25) is 4.79 Å². The standard InChI is InChI=1S/C23H37N3O8/c1-17(28)6-7-18-4-3-5-19(16-18)8-9-20(29)34-15-12-26-22(31)24(10-13-27)21(30)25(23(26)32)11-14-33-2/h18-19,27H,3-16H2,1-2H3. The first-order valence-corrected chi connectivity index (χ1v) is 12.0. The fourth-order valence-electron chi connectivity index (χ4n) is 4.52. The number of ketones is 1. The van der Waals surface area contributed by atoms with E-state index in [1.165, 1.54) is 7.11 Å². The minimum absolute atomic E-state index is 0.0472. The molecule has 34 heavy (non-hydrogen) atoms. The topological polar surface area (TPSA) is 139 Å². The van der Waals surface area contributed by atoms with Gasteiger partial charge in [-0.2, -0.15) is 0 Å². The van der Waals surface area contributed by atoms with Crippen molar-refractivity contribution in [3.05, 3.63) is 31.5 Å². The molecule has 0 amide bonds. The van der Waals surface area contributed by atoms with Gasteiger partial charge in [0.2, 0.25) is 0 Å². The van der Waals surface area contributed by atoms with E-state index in [4.69, 9.17) is 9.47 Å². The maximum atomic E-state index is 12.6. The van der Waals surface area contributed by atoms with Gasteiger partial charge in [0.1, 0.15) is 12.4 Å². The number of aliphatic hydroxyl groups excluding tert-OH is 1. The highest BCUT2D eigenvalue weighted by atomic mass is 16.5. The molecular weight excluding hydrogens is 446 g/mol. The average molecular weight is 484 g/mol. The lowest BCUT2D eigenvalue weighted by Gasteiger charge is -2.28. The average Bonchev–Trinajstić information content (AvgIpc) is 2.81. The largest absolute Gasteiger partial charge is 0.464 e. The highest BCUT2D eigenvalue weighted by Gasteiger charge is 2.23. The van der Waals surface area contributed by atoms with Crippen molar-refractivity contribution in [3.8, 4) is 0 Å². The zero-order valence-corrected chi connectivity index (χ0v) is 20.2. The molecule has 11 heteroatoms. The maximum absolute atomic E-state index is 12.6. The number of rotatable bonds is 14. The van der Waals surface area contributed by atoms with Crippen LogP contribution in [0.4, 0.5) is 0 Å². The summed E-state index contributed by atoms with van der Waals surface area (Å²) >= 11 is 0. The van der Waals surface area contributed by atoms with Crippen molar-refractivity contribution in [1.29, 1.82) is 0 Å². The Bertz CT molecular complexity index is 993. The van der Waals surface area contributed by atoms with Crippen molar-refractivity contribution in [2.75, 3.05) is 26.9 Å². The molecule has 2 rings (SSSR count). The Morgan fingerprint density at radius 3 is 1.94 bits per heavy atom. The number of aliphatic hydroxyl groups is 1. The highest BCUT2D eigenvalue weighted by molar-refractivity contribution is 5.75. The number of hydrogen-bond donors (Lipinski definition) is 1. The van der Waals surface area contributed by atoms with Crippen molar-refractivity contribution in [2.24, 2.45) is 11.8 Å². The van der Waals surface area contributed by atoms with Gasteiger partial charge in [-0.1, -0.05) is 19.3 Å². The van der Waals surface area contributed by atoms with E-state index in [1.807, 2.05) is 0 Å². The van der Waals surface area contributed by atoms with E-state index < -0.39 is 29.6 Å². The monoisotopic (exact) mass is 483 g/mol. The molecule has 1 aromatic heterocycles. The molecule has 192 valence electrons. The molecule has 1 heterocycles. The third-order valence-corrected chi connectivity index (χ3v) is 6.36. The fraction of sp³-hybridized carbons (Fsp3) is 0.783. The lowest BCUT2D eigenvalue weighted by Crippen LogP contribution is -2.55. The van der Waals surface area contributed by atoms with Crippen molar-refractivity contribution in [1.82, 2.24) is 13.7 Å². The van der Waals surface area contributed by atoms with Crippen LogP contribution in [-0.4, -0.2) is 57.5 Å². The van der Waals surface area contributed by atoms with Crippen molar-refractivity contribution in [2.45, 2.75) is 77.9 Å². The van der Waals surface area contributed by atoms with Gasteiger partial charge in [-0.15, -0.1) is 0 Å². The zero-order valence-electron chi connectivity index (χ0n) is 20.2. The molecule has 2 unspecified atom stereocenters. The summed E-state index contributed by atoms with van der Waals surface area (Å²) in [5.74, 6) is 0.765. The molecule has 1 aliphatic carbocycles. The molecule has 0 aliphatic heterocycles. The summed E-state index contributed by atoms with van der Waals surface area (Å²) in [7, 11) is 1.42. The number of esters is 1. The summed E-state index contributed by atoms with van der Waals surface area (Å²) in [5.41, 5.74) is -2.48. The minimum atomic E-state index is -0.854. The SMILES string of the molecule is COCCn1c(=O)n(CCO)c(=O)n(CCOC(=O)CCC2CCCC(CCC(C)=O)C2)c1=O. The van der Waals surface area contributed by atoms with Crippen LogP contribution in [-0.2, 0) is 38.7 Å². The number of carbonyl (C=O) groups excluding carboxylic acids is 2. The molecule has 0 radical (unpaired) electrons. The first-order valence-electron chi connectivity index (χ1n) is 12.0. The number of nitrogens with zero attached hydrogens (tertiary/aromatic N) is 3. The van der Waals surface area contributed by atoms with E-state index in [-0.39, 0.29) is 45.1 Å². The van der Waals surface area contributed by atoms with Crippen LogP contribution in [0.1, 0.15) is 58.3 Å². The van der Waals surface area contributed by atoms with Gasteiger partial charge in [0, 0.05) is 20.0 Å². The van der Waals surface area contributed by atoms with Crippen LogP contribution in [0.5, 0.6) is 0 Å². The molecular formula is C23H37N3O8. The smallest absolute Gasteiger partial charge is 0.336 e. The van der Waals surface area contributed by atoms with Crippen LogP contribution in [0, 0.1) is 11.8 Å². The molecule has 2 atom stereocenters. The Balaban J connectivity index is 1.92. The Hall–Kier alpha value is -2.53. The molecule has 1 fully saturated rings. The molecule has 1 N–H and O–H groups in total. The highest BCUT2D eigenvalue weighted by Crippen LogP contribution is 2.34. The van der Waals surface area contributed by atoms with Crippen LogP contribution in [0.2, 0.25) is 0 Å². The minimum Gasteiger partial charge on any atom is -0.464 e. The van der Waals surface area contributed by atoms with Crippen LogP contribution in [0.15, 0.2) is 14.4 Å². The number of ether oxygens (including phenoxy) is 2. The zero-order chi connectivity index (χ0) is 25.1. The summed E-state index contributed by atoms with van der Waals surface area (Å²) < 4.78 is 12.7. The summed E-state index contributed by atoms with van der Waals surface area (Å²) in [6.45, 7) is 0.593. The van der Waals surface area contributed by atoms with E-state index in [0.717, 1.165) is 45.8 Å². The predicted molar refractivity (Wildman–Crippen MR) is 124 cm³/mol. The second-order valence-corrected chi connectivity index (χ2v) is 8.92. The Kier molecular flexibility index (Phi) is 11.4. The van der Waals surface area contributed by atoms with Crippen LogP contribution in [0.25, 0.3) is 0 Å². The first kappa shape index (κ1) is 27.7. The second kappa shape index (κ2) is 14.0. The van der Waals surface area contributed by atoms with Gasteiger partial charge in [0.25, 0.3) is 0 Å². The van der Waals surface area contributed by atoms with E-state index in [2.05, 4.69) is 0 Å². The summed E-state index contributed by atoms with van der Waals surface area (Å²) in [6, 6.07) is 0. The molecule has 1 aromatic rings. The van der Waals surface area contributed by atoms with Gasteiger partial charge in [-0.05, 0) is 38.0 Å². The van der Waals surface area contributed by atoms with Crippen molar-refractivity contribution < 1.29 is 24.2 Å². The number of Topliss-reactive ketones (excluding diaryl/α,β-unsaturated/α-hetero) is 1. The number of methoxy groups -OCH3 is 1. The Morgan fingerprint density at radius 1 is 0.882 bits per heavy atom. The van der Waals surface area contributed by atoms with Gasteiger partial charge in [0.15, 0.2) is 0 Å². The Labute approximate surface area is 198 Å². The van der Waals surface area contributed by atoms with Crippen LogP contribution >= 0.6 is 0 Å². The lowest BCUT2D eigenvalue weighted by atomic mass is 9.77. The van der Waals surface area contributed by atoms with E-state index in [0.29, 0.717) is 24.7 Å². The molecule has 11 nitrogen and oxygen atoms in total. The molecule has 0 aromatic carbocycles. The number of aromatic nitrogens is 3. The normalized spacial score (nSPS) is 18.1. The maximum Gasteiger partial charge on any atom is 0.336 e. The van der Waals surface area contributed by atoms with Crippen LogP contribution in [0.3, 0.4) is 0 Å². The summed E-state index contributed by atoms with van der Waals surface area (Å²) in [5, 5.41) is 9.18. The van der Waals surface area contributed by atoms with Crippen LogP contribution < -0.4 is 17.1 Å². The molecule has 0 bridgehead atoms. The Morgan fingerprint density at radius 2 is 1.41 bits per heavy atom. The molecule has 0 saturated heterocycles. The second-order valence-electron chi connectivity index (χ2n) is 8.92. The lowest BCUT2D eigenvalue weighted by molar-refractivity contribution is -0.144. The third-order valence-electron chi connectivity index (χ3n) is 6.36. The first-order chi connectivity index (χ1) is 16.3. The van der Waals surface area contributed by atoms with E-state index in [9.17, 15) is 29.1 Å². The molecule has 1 aliphatic rings. The van der Waals surface area contributed by atoms with Crippen molar-refractivity contribution in [3.63, 3.8) is 0 Å². The number of carbonyl (C=O) groups is 2. The molecule has 0 spiro atoms. The van der Waals surface area contributed by atoms with Gasteiger partial charge >= 0.3 is 23.0 Å². The summed E-state index contributed by atoms with van der Waals surface area (Å²) in [6.07, 6.45) is 6.79. The van der Waals surface area contributed by atoms with Gasteiger partial charge in [0.05, 0.1) is 32.8 Å². The van der Waals surface area contributed by atoms with E-state index in [1.54, 1.807) is 6.92 Å². The van der Waals surface area contributed by atoms with E-state index >= 15 is 0 Å². The fourth-order valence-corrected chi connectivity index (χ4v) is 4.52.